The molecule has 2 heterocycles. The van der Waals surface area contributed by atoms with Crippen molar-refractivity contribution in [3.05, 3.63) is 12.3 Å². The second-order valence-corrected chi connectivity index (χ2v) is 5.80. The molecule has 1 saturated heterocycles. The zero-order chi connectivity index (χ0) is 13.2. The summed E-state index contributed by atoms with van der Waals surface area (Å²) in [4.78, 5) is 14.0. The van der Waals surface area contributed by atoms with Crippen molar-refractivity contribution in [2.75, 3.05) is 18.8 Å². The molecular weight excluding hydrogens is 228 g/mol. The summed E-state index contributed by atoms with van der Waals surface area (Å²) in [5.41, 5.74) is 5.84. The molecule has 18 heavy (non-hydrogen) atoms. The number of anilines is 1. The van der Waals surface area contributed by atoms with E-state index in [0.29, 0.717) is 18.8 Å². The van der Waals surface area contributed by atoms with E-state index in [1.807, 2.05) is 11.1 Å². The first kappa shape index (κ1) is 12.9. The summed E-state index contributed by atoms with van der Waals surface area (Å²) in [5.74, 6) is 0.791. The van der Waals surface area contributed by atoms with E-state index >= 15 is 0 Å². The van der Waals surface area contributed by atoms with Gasteiger partial charge < -0.3 is 10.6 Å². The molecule has 1 aliphatic rings. The normalized spacial score (nSPS) is 19.9. The summed E-state index contributed by atoms with van der Waals surface area (Å²) in [5, 5.41) is 4.13. The van der Waals surface area contributed by atoms with Crippen molar-refractivity contribution in [2.45, 2.75) is 39.7 Å². The van der Waals surface area contributed by atoms with E-state index in [0.717, 1.165) is 25.9 Å². The van der Waals surface area contributed by atoms with E-state index in [2.05, 4.69) is 18.9 Å². The first-order valence-electron chi connectivity index (χ1n) is 6.53. The minimum atomic E-state index is 0.265. The van der Waals surface area contributed by atoms with Crippen LogP contribution in [0.15, 0.2) is 12.3 Å². The number of amides is 1. The number of nitrogen functional groups attached to an aromatic ring is 1. The number of aromatic nitrogens is 2. The highest BCUT2D eigenvalue weighted by molar-refractivity contribution is 5.76. The first-order valence-corrected chi connectivity index (χ1v) is 6.53. The molecule has 5 heteroatoms. The van der Waals surface area contributed by atoms with E-state index in [9.17, 15) is 4.79 Å². The van der Waals surface area contributed by atoms with Crippen LogP contribution in [0.3, 0.4) is 0 Å². The third-order valence-corrected chi connectivity index (χ3v) is 3.69. The van der Waals surface area contributed by atoms with Crippen LogP contribution in [0.25, 0.3) is 0 Å². The zero-order valence-electron chi connectivity index (χ0n) is 11.2. The van der Waals surface area contributed by atoms with Crippen molar-refractivity contribution in [3.8, 4) is 0 Å². The number of nitrogens with two attached hydrogens (primary N) is 1. The highest BCUT2D eigenvalue weighted by Crippen LogP contribution is 2.30. The second-order valence-electron chi connectivity index (χ2n) is 5.80. The van der Waals surface area contributed by atoms with E-state index in [1.165, 1.54) is 0 Å². The molecule has 0 aliphatic carbocycles. The molecule has 2 N–H and O–H groups in total. The largest absolute Gasteiger partial charge is 0.382 e. The maximum Gasteiger partial charge on any atom is 0.222 e. The van der Waals surface area contributed by atoms with E-state index in [1.54, 1.807) is 10.7 Å². The first-order chi connectivity index (χ1) is 8.46. The Hall–Kier alpha value is -1.52. The van der Waals surface area contributed by atoms with Gasteiger partial charge >= 0.3 is 0 Å². The molecule has 1 amide bonds. The maximum atomic E-state index is 12.0. The van der Waals surface area contributed by atoms with Gasteiger partial charge in [0.1, 0.15) is 5.82 Å². The predicted molar refractivity (Wildman–Crippen MR) is 70.9 cm³/mol. The van der Waals surface area contributed by atoms with Crippen molar-refractivity contribution in [2.24, 2.45) is 5.41 Å². The lowest BCUT2D eigenvalue weighted by molar-refractivity contribution is -0.130. The Kier molecular flexibility index (Phi) is 3.59. The number of hydrogen-bond acceptors (Lipinski definition) is 3. The van der Waals surface area contributed by atoms with Gasteiger partial charge in [0.05, 0.1) is 6.54 Å². The van der Waals surface area contributed by atoms with Gasteiger partial charge in [-0.3, -0.25) is 9.48 Å². The minimum absolute atomic E-state index is 0.265. The lowest BCUT2D eigenvalue weighted by Crippen LogP contribution is -2.33. The fraction of sp³-hybridized carbons (Fsp3) is 0.692. The van der Waals surface area contributed by atoms with Crippen molar-refractivity contribution in [1.29, 1.82) is 0 Å². The fourth-order valence-corrected chi connectivity index (χ4v) is 2.25. The predicted octanol–water partition coefficient (Wildman–Crippen LogP) is 1.50. The SMILES string of the molecule is CC1(C)CCC(=O)N(CCn2ccc(N)n2)CC1. The standard InChI is InChI=1S/C13H22N4O/c1-13(2)5-3-12(18)16(8-6-13)9-10-17-7-4-11(14)15-17/h4,7H,3,5-6,8-10H2,1-2H3,(H2,14,15). The van der Waals surface area contributed by atoms with Crippen LogP contribution in [-0.4, -0.2) is 33.7 Å². The molecule has 0 atom stereocenters. The Labute approximate surface area is 108 Å². The average molecular weight is 250 g/mol. The quantitative estimate of drug-likeness (QED) is 0.884. The Bertz CT molecular complexity index is 424. The molecule has 1 aromatic rings. The van der Waals surface area contributed by atoms with Crippen LogP contribution in [-0.2, 0) is 11.3 Å². The summed E-state index contributed by atoms with van der Waals surface area (Å²) < 4.78 is 1.79. The highest BCUT2D eigenvalue weighted by atomic mass is 16.2. The molecule has 1 fully saturated rings. The van der Waals surface area contributed by atoms with Gasteiger partial charge in [-0.2, -0.15) is 5.10 Å². The monoisotopic (exact) mass is 250 g/mol. The summed E-state index contributed by atoms with van der Waals surface area (Å²) in [6, 6.07) is 1.77. The number of carbonyl (C=O) groups is 1. The van der Waals surface area contributed by atoms with E-state index < -0.39 is 0 Å². The van der Waals surface area contributed by atoms with Gasteiger partial charge in [-0.25, -0.2) is 0 Å². The summed E-state index contributed by atoms with van der Waals surface area (Å²) in [6.07, 6.45) is 4.56. The Morgan fingerprint density at radius 3 is 2.83 bits per heavy atom. The van der Waals surface area contributed by atoms with Crippen molar-refractivity contribution in [3.63, 3.8) is 0 Å². The number of likely N-dealkylation sites (tertiary alicyclic amines) is 1. The van der Waals surface area contributed by atoms with Crippen molar-refractivity contribution >= 4 is 11.7 Å². The summed E-state index contributed by atoms with van der Waals surface area (Å²) in [6.45, 7) is 6.75. The molecule has 0 bridgehead atoms. The number of carbonyl (C=O) groups excluding carboxylic acids is 1. The lowest BCUT2D eigenvalue weighted by atomic mass is 9.85. The topological polar surface area (TPSA) is 64.2 Å². The van der Waals surface area contributed by atoms with Gasteiger partial charge in [-0.15, -0.1) is 0 Å². The summed E-state index contributed by atoms with van der Waals surface area (Å²) >= 11 is 0. The van der Waals surface area contributed by atoms with Gasteiger partial charge in [0, 0.05) is 25.7 Å². The molecule has 1 aromatic heterocycles. The number of hydrogen-bond donors (Lipinski definition) is 1. The van der Waals surface area contributed by atoms with Crippen molar-refractivity contribution < 1.29 is 4.79 Å². The Morgan fingerprint density at radius 2 is 2.17 bits per heavy atom. The number of nitrogens with zero attached hydrogens (tertiary/aromatic N) is 3. The molecule has 0 saturated carbocycles. The van der Waals surface area contributed by atoms with Crippen LogP contribution >= 0.6 is 0 Å². The second kappa shape index (κ2) is 5.00. The number of rotatable bonds is 3. The molecule has 2 rings (SSSR count). The molecule has 0 aromatic carbocycles. The van der Waals surface area contributed by atoms with Gasteiger partial charge in [-0.1, -0.05) is 13.8 Å². The van der Waals surface area contributed by atoms with Gasteiger partial charge in [0.25, 0.3) is 0 Å². The molecule has 1 aliphatic heterocycles. The van der Waals surface area contributed by atoms with E-state index in [-0.39, 0.29) is 11.3 Å². The van der Waals surface area contributed by atoms with E-state index in [4.69, 9.17) is 5.73 Å². The van der Waals surface area contributed by atoms with Gasteiger partial charge in [-0.05, 0) is 24.3 Å². The maximum absolute atomic E-state index is 12.0. The van der Waals surface area contributed by atoms with Crippen LogP contribution in [0.5, 0.6) is 0 Å². The average Bonchev–Trinajstić information content (AvgIpc) is 2.66. The van der Waals surface area contributed by atoms with Crippen LogP contribution < -0.4 is 5.73 Å². The third kappa shape index (κ3) is 3.24. The molecule has 100 valence electrons. The zero-order valence-corrected chi connectivity index (χ0v) is 11.2. The van der Waals surface area contributed by atoms with Crippen LogP contribution in [0.4, 0.5) is 5.82 Å². The Morgan fingerprint density at radius 1 is 1.39 bits per heavy atom. The van der Waals surface area contributed by atoms with Gasteiger partial charge in [0.15, 0.2) is 0 Å². The molecule has 5 nitrogen and oxygen atoms in total. The van der Waals surface area contributed by atoms with Crippen LogP contribution in [0, 0.1) is 5.41 Å². The van der Waals surface area contributed by atoms with Gasteiger partial charge in [0.2, 0.25) is 5.91 Å². The molecular formula is C13H22N4O. The minimum Gasteiger partial charge on any atom is -0.382 e. The lowest BCUT2D eigenvalue weighted by Gasteiger charge is -2.23. The van der Waals surface area contributed by atoms with Crippen LogP contribution in [0.1, 0.15) is 33.1 Å². The van der Waals surface area contributed by atoms with Crippen LogP contribution in [0.2, 0.25) is 0 Å². The van der Waals surface area contributed by atoms with Crippen molar-refractivity contribution in [1.82, 2.24) is 14.7 Å². The molecule has 0 radical (unpaired) electrons. The fourth-order valence-electron chi connectivity index (χ4n) is 2.25. The molecule has 0 unspecified atom stereocenters. The molecule has 0 spiro atoms. The third-order valence-electron chi connectivity index (χ3n) is 3.69. The highest BCUT2D eigenvalue weighted by Gasteiger charge is 2.26. The summed E-state index contributed by atoms with van der Waals surface area (Å²) in [7, 11) is 0. The smallest absolute Gasteiger partial charge is 0.222 e. The Balaban J connectivity index is 1.90.